The number of aromatic nitrogens is 1. The van der Waals surface area contributed by atoms with E-state index >= 15 is 0 Å². The van der Waals surface area contributed by atoms with Crippen LogP contribution in [0.25, 0.3) is 0 Å². The van der Waals surface area contributed by atoms with Crippen molar-refractivity contribution >= 4 is 17.5 Å². The molecule has 0 bridgehead atoms. The second kappa shape index (κ2) is 7.73. The summed E-state index contributed by atoms with van der Waals surface area (Å²) in [6.07, 6.45) is 1.49. The first-order chi connectivity index (χ1) is 11.5. The lowest BCUT2D eigenvalue weighted by Crippen LogP contribution is -2.31. The van der Waals surface area contributed by atoms with Crippen LogP contribution < -0.4 is 5.32 Å². The number of hydrogen-bond donors (Lipinski definition) is 1. The van der Waals surface area contributed by atoms with E-state index in [1.807, 2.05) is 45.9 Å². The third kappa shape index (κ3) is 3.98. The Morgan fingerprint density at radius 1 is 1.08 bits per heavy atom. The number of amides is 2. The van der Waals surface area contributed by atoms with Crippen molar-refractivity contribution in [2.45, 2.75) is 27.7 Å². The molecule has 2 amide bonds. The van der Waals surface area contributed by atoms with E-state index in [0.29, 0.717) is 18.7 Å². The van der Waals surface area contributed by atoms with Crippen molar-refractivity contribution in [3.05, 3.63) is 58.9 Å². The standard InChI is InChI=1S/C19H23N3O2/c1-5-22(6-2)19(24)17-12-15(9-10-20-17)18(23)21-16-8-7-13(3)11-14(16)4/h7-12H,5-6H2,1-4H3,(H,21,23). The van der Waals surface area contributed by atoms with Crippen LogP contribution >= 0.6 is 0 Å². The van der Waals surface area contributed by atoms with Gasteiger partial charge >= 0.3 is 0 Å². The van der Waals surface area contributed by atoms with E-state index in [1.165, 1.54) is 6.20 Å². The minimum absolute atomic E-state index is 0.166. The molecule has 1 aromatic carbocycles. The topological polar surface area (TPSA) is 62.3 Å². The van der Waals surface area contributed by atoms with Crippen LogP contribution in [0.1, 0.15) is 45.8 Å². The number of rotatable bonds is 5. The predicted molar refractivity (Wildman–Crippen MR) is 95.4 cm³/mol. The molecule has 5 heteroatoms. The molecule has 0 spiro atoms. The predicted octanol–water partition coefficient (Wildman–Crippen LogP) is 3.43. The highest BCUT2D eigenvalue weighted by Gasteiger charge is 2.16. The maximum Gasteiger partial charge on any atom is 0.272 e. The van der Waals surface area contributed by atoms with E-state index in [-0.39, 0.29) is 17.5 Å². The first-order valence-electron chi connectivity index (χ1n) is 8.10. The number of carbonyl (C=O) groups is 2. The van der Waals surface area contributed by atoms with Crippen molar-refractivity contribution in [2.75, 3.05) is 18.4 Å². The first-order valence-corrected chi connectivity index (χ1v) is 8.10. The average Bonchev–Trinajstić information content (AvgIpc) is 2.58. The molecule has 0 fully saturated rings. The molecule has 0 aliphatic rings. The SMILES string of the molecule is CCN(CC)C(=O)c1cc(C(=O)Nc2ccc(C)cc2C)ccn1. The van der Waals surface area contributed by atoms with Crippen molar-refractivity contribution in [2.24, 2.45) is 0 Å². The number of carbonyl (C=O) groups excluding carboxylic acids is 2. The molecule has 1 N–H and O–H groups in total. The zero-order valence-corrected chi connectivity index (χ0v) is 14.6. The number of nitrogens with one attached hydrogen (secondary N) is 1. The molecule has 0 saturated carbocycles. The average molecular weight is 325 g/mol. The minimum Gasteiger partial charge on any atom is -0.338 e. The Kier molecular flexibility index (Phi) is 5.68. The van der Waals surface area contributed by atoms with Gasteiger partial charge in [-0.3, -0.25) is 14.6 Å². The lowest BCUT2D eigenvalue weighted by atomic mass is 10.1. The third-order valence-electron chi connectivity index (χ3n) is 3.92. The van der Waals surface area contributed by atoms with Crippen LogP contribution in [-0.4, -0.2) is 34.8 Å². The van der Waals surface area contributed by atoms with Gasteiger partial charge in [-0.15, -0.1) is 0 Å². The highest BCUT2D eigenvalue weighted by molar-refractivity contribution is 6.06. The molecular formula is C19H23N3O2. The van der Waals surface area contributed by atoms with Gasteiger partial charge in [-0.25, -0.2) is 0 Å². The quantitative estimate of drug-likeness (QED) is 0.916. The Labute approximate surface area is 142 Å². The molecule has 24 heavy (non-hydrogen) atoms. The Bertz CT molecular complexity index is 752. The molecule has 2 rings (SSSR count). The maximum absolute atomic E-state index is 12.5. The van der Waals surface area contributed by atoms with Crippen molar-refractivity contribution < 1.29 is 9.59 Å². The van der Waals surface area contributed by atoms with Crippen LogP contribution in [0.5, 0.6) is 0 Å². The summed E-state index contributed by atoms with van der Waals surface area (Å²) in [4.78, 5) is 30.6. The summed E-state index contributed by atoms with van der Waals surface area (Å²) in [5, 5.41) is 2.89. The molecule has 0 aliphatic heterocycles. The van der Waals surface area contributed by atoms with Gasteiger partial charge in [0, 0.05) is 30.5 Å². The fraction of sp³-hybridized carbons (Fsp3) is 0.316. The number of benzene rings is 1. The fourth-order valence-electron chi connectivity index (χ4n) is 2.51. The Balaban J connectivity index is 2.21. The summed E-state index contributed by atoms with van der Waals surface area (Å²) >= 11 is 0. The number of aryl methyl sites for hydroxylation is 2. The van der Waals surface area contributed by atoms with E-state index in [4.69, 9.17) is 0 Å². The molecule has 0 unspecified atom stereocenters. The van der Waals surface area contributed by atoms with Gasteiger partial charge in [-0.05, 0) is 51.5 Å². The van der Waals surface area contributed by atoms with Gasteiger partial charge in [0.05, 0.1) is 0 Å². The summed E-state index contributed by atoms with van der Waals surface area (Å²) in [6.45, 7) is 9.00. The third-order valence-corrected chi connectivity index (χ3v) is 3.92. The van der Waals surface area contributed by atoms with E-state index in [1.54, 1.807) is 17.0 Å². The van der Waals surface area contributed by atoms with Gasteiger partial charge in [0.25, 0.3) is 11.8 Å². The first kappa shape index (κ1) is 17.7. The van der Waals surface area contributed by atoms with Crippen molar-refractivity contribution in [1.82, 2.24) is 9.88 Å². The van der Waals surface area contributed by atoms with E-state index in [2.05, 4.69) is 10.3 Å². The molecule has 5 nitrogen and oxygen atoms in total. The molecule has 0 saturated heterocycles. The van der Waals surface area contributed by atoms with Crippen LogP contribution in [-0.2, 0) is 0 Å². The second-order valence-corrected chi connectivity index (χ2v) is 5.68. The summed E-state index contributed by atoms with van der Waals surface area (Å²) in [5.74, 6) is -0.417. The second-order valence-electron chi connectivity index (χ2n) is 5.68. The molecule has 2 aromatic rings. The zero-order valence-electron chi connectivity index (χ0n) is 14.6. The van der Waals surface area contributed by atoms with Gasteiger partial charge in [0.1, 0.15) is 5.69 Å². The molecular weight excluding hydrogens is 302 g/mol. The van der Waals surface area contributed by atoms with E-state index < -0.39 is 0 Å². The van der Waals surface area contributed by atoms with Crippen molar-refractivity contribution in [3.8, 4) is 0 Å². The Morgan fingerprint density at radius 3 is 2.42 bits per heavy atom. The summed E-state index contributed by atoms with van der Waals surface area (Å²) < 4.78 is 0. The summed E-state index contributed by atoms with van der Waals surface area (Å²) in [5.41, 5.74) is 3.60. The van der Waals surface area contributed by atoms with E-state index in [0.717, 1.165) is 16.8 Å². The molecule has 0 radical (unpaired) electrons. The molecule has 1 heterocycles. The monoisotopic (exact) mass is 325 g/mol. The normalized spacial score (nSPS) is 10.3. The fourth-order valence-corrected chi connectivity index (χ4v) is 2.51. The summed E-state index contributed by atoms with van der Waals surface area (Å²) in [6, 6.07) is 8.99. The van der Waals surface area contributed by atoms with Gasteiger partial charge in [-0.1, -0.05) is 17.7 Å². The summed E-state index contributed by atoms with van der Waals surface area (Å²) in [7, 11) is 0. The van der Waals surface area contributed by atoms with Gasteiger partial charge < -0.3 is 10.2 Å². The van der Waals surface area contributed by atoms with Gasteiger partial charge in [0.2, 0.25) is 0 Å². The van der Waals surface area contributed by atoms with Crippen LogP contribution in [0.3, 0.4) is 0 Å². The van der Waals surface area contributed by atoms with Crippen molar-refractivity contribution in [1.29, 1.82) is 0 Å². The minimum atomic E-state index is -0.252. The molecule has 0 aliphatic carbocycles. The number of anilines is 1. The number of pyridine rings is 1. The van der Waals surface area contributed by atoms with Crippen LogP contribution in [0.2, 0.25) is 0 Å². The van der Waals surface area contributed by atoms with Gasteiger partial charge in [-0.2, -0.15) is 0 Å². The lowest BCUT2D eigenvalue weighted by Gasteiger charge is -2.18. The molecule has 0 atom stereocenters. The highest BCUT2D eigenvalue weighted by Crippen LogP contribution is 2.17. The van der Waals surface area contributed by atoms with Crippen molar-refractivity contribution in [3.63, 3.8) is 0 Å². The number of hydrogen-bond acceptors (Lipinski definition) is 3. The van der Waals surface area contributed by atoms with Crippen LogP contribution in [0, 0.1) is 13.8 Å². The molecule has 126 valence electrons. The largest absolute Gasteiger partial charge is 0.338 e. The Morgan fingerprint density at radius 2 is 1.79 bits per heavy atom. The van der Waals surface area contributed by atoms with Crippen LogP contribution in [0.15, 0.2) is 36.5 Å². The Hall–Kier alpha value is -2.69. The molecule has 1 aromatic heterocycles. The number of nitrogens with zero attached hydrogens (tertiary/aromatic N) is 2. The van der Waals surface area contributed by atoms with Crippen LogP contribution in [0.4, 0.5) is 5.69 Å². The zero-order chi connectivity index (χ0) is 17.7. The lowest BCUT2D eigenvalue weighted by molar-refractivity contribution is 0.0767. The van der Waals surface area contributed by atoms with Gasteiger partial charge in [0.15, 0.2) is 0 Å². The maximum atomic E-state index is 12.5. The highest BCUT2D eigenvalue weighted by atomic mass is 16.2. The smallest absolute Gasteiger partial charge is 0.272 e. The van der Waals surface area contributed by atoms with E-state index in [9.17, 15) is 9.59 Å².